The lowest BCUT2D eigenvalue weighted by molar-refractivity contribution is 0.0698. The molecule has 0 saturated heterocycles. The van der Waals surface area contributed by atoms with Gasteiger partial charge in [0.25, 0.3) is 0 Å². The molecular formula is C17H19ClN2O3. The van der Waals surface area contributed by atoms with Crippen LogP contribution in [0.3, 0.4) is 0 Å². The number of hydrogen-bond acceptors (Lipinski definition) is 4. The zero-order valence-corrected chi connectivity index (χ0v) is 14.1. The maximum absolute atomic E-state index is 11.7. The predicted octanol–water partition coefficient (Wildman–Crippen LogP) is 4.18. The second-order valence-corrected chi connectivity index (χ2v) is 7.23. The molecule has 1 unspecified atom stereocenters. The first-order valence-corrected chi connectivity index (χ1v) is 7.87. The molecule has 1 aromatic heterocycles. The molecule has 1 aromatic carbocycles. The Morgan fingerprint density at radius 2 is 2.04 bits per heavy atom. The van der Waals surface area contributed by atoms with E-state index in [2.05, 4.69) is 19.0 Å². The predicted molar refractivity (Wildman–Crippen MR) is 89.1 cm³/mol. The van der Waals surface area contributed by atoms with Crippen LogP contribution in [0.1, 0.15) is 30.6 Å². The van der Waals surface area contributed by atoms with Crippen molar-refractivity contribution in [1.82, 2.24) is 5.16 Å². The Morgan fingerprint density at radius 3 is 2.57 bits per heavy atom. The SMILES string of the molecule is CN(CC1CC1(C)C)c1noc(-c2ccc(Cl)cc2)c1C(=O)O. The van der Waals surface area contributed by atoms with Crippen LogP contribution in [0.5, 0.6) is 0 Å². The van der Waals surface area contributed by atoms with Crippen LogP contribution in [0.2, 0.25) is 5.02 Å². The lowest BCUT2D eigenvalue weighted by Crippen LogP contribution is -2.23. The summed E-state index contributed by atoms with van der Waals surface area (Å²) in [5.74, 6) is 0.120. The number of aromatic nitrogens is 1. The third kappa shape index (κ3) is 3.06. The van der Waals surface area contributed by atoms with Gasteiger partial charge in [-0.05, 0) is 42.0 Å². The number of rotatable bonds is 5. The first-order valence-electron chi connectivity index (χ1n) is 7.49. The van der Waals surface area contributed by atoms with Crippen molar-refractivity contribution < 1.29 is 14.4 Å². The van der Waals surface area contributed by atoms with Crippen molar-refractivity contribution in [3.63, 3.8) is 0 Å². The average Bonchev–Trinajstić information content (AvgIpc) is 2.89. The monoisotopic (exact) mass is 334 g/mol. The molecule has 1 aliphatic carbocycles. The van der Waals surface area contributed by atoms with Gasteiger partial charge in [-0.15, -0.1) is 0 Å². The fraction of sp³-hybridized carbons (Fsp3) is 0.412. The van der Waals surface area contributed by atoms with E-state index in [1.54, 1.807) is 24.3 Å². The molecule has 0 radical (unpaired) electrons. The van der Waals surface area contributed by atoms with E-state index >= 15 is 0 Å². The molecule has 1 fully saturated rings. The Morgan fingerprint density at radius 1 is 1.43 bits per heavy atom. The maximum atomic E-state index is 11.7. The van der Waals surface area contributed by atoms with E-state index in [0.717, 1.165) is 13.0 Å². The van der Waals surface area contributed by atoms with Crippen LogP contribution >= 0.6 is 11.6 Å². The van der Waals surface area contributed by atoms with Crippen LogP contribution in [-0.4, -0.2) is 29.8 Å². The van der Waals surface area contributed by atoms with Gasteiger partial charge >= 0.3 is 5.97 Å². The Hall–Kier alpha value is -2.01. The molecule has 5 nitrogen and oxygen atoms in total. The van der Waals surface area contributed by atoms with Crippen molar-refractivity contribution in [2.24, 2.45) is 11.3 Å². The number of halogens is 1. The van der Waals surface area contributed by atoms with Crippen molar-refractivity contribution in [3.05, 3.63) is 34.9 Å². The Bertz CT molecular complexity index is 737. The number of benzene rings is 1. The minimum absolute atomic E-state index is 0.0910. The topological polar surface area (TPSA) is 66.6 Å². The largest absolute Gasteiger partial charge is 0.477 e. The molecule has 122 valence electrons. The summed E-state index contributed by atoms with van der Waals surface area (Å²) in [5, 5.41) is 14.2. The highest BCUT2D eigenvalue weighted by Crippen LogP contribution is 2.52. The van der Waals surface area contributed by atoms with Crippen LogP contribution in [0, 0.1) is 11.3 Å². The number of anilines is 1. The maximum Gasteiger partial charge on any atom is 0.343 e. The molecule has 2 aromatic rings. The van der Waals surface area contributed by atoms with Crippen molar-refractivity contribution in [3.8, 4) is 11.3 Å². The fourth-order valence-corrected chi connectivity index (χ4v) is 2.96. The van der Waals surface area contributed by atoms with Gasteiger partial charge in [-0.2, -0.15) is 0 Å². The zero-order valence-electron chi connectivity index (χ0n) is 13.3. The summed E-state index contributed by atoms with van der Waals surface area (Å²) < 4.78 is 5.34. The van der Waals surface area contributed by atoms with E-state index < -0.39 is 5.97 Å². The minimum atomic E-state index is -1.05. The number of aromatic carboxylic acids is 1. The molecule has 0 aliphatic heterocycles. The van der Waals surface area contributed by atoms with Crippen molar-refractivity contribution >= 4 is 23.4 Å². The van der Waals surface area contributed by atoms with Crippen molar-refractivity contribution in [2.45, 2.75) is 20.3 Å². The molecule has 6 heteroatoms. The summed E-state index contributed by atoms with van der Waals surface area (Å²) >= 11 is 5.88. The first-order chi connectivity index (χ1) is 10.8. The van der Waals surface area contributed by atoms with E-state index in [-0.39, 0.29) is 11.3 Å². The highest BCUT2D eigenvalue weighted by Gasteiger charge is 2.46. The van der Waals surface area contributed by atoms with E-state index in [9.17, 15) is 9.90 Å². The number of carboxylic acid groups (broad SMARTS) is 1. The molecule has 0 spiro atoms. The van der Waals surface area contributed by atoms with E-state index in [1.807, 2.05) is 11.9 Å². The molecule has 0 bridgehead atoms. The van der Waals surface area contributed by atoms with Gasteiger partial charge in [0, 0.05) is 24.2 Å². The number of carboxylic acids is 1. The average molecular weight is 335 g/mol. The molecule has 1 N–H and O–H groups in total. The summed E-state index contributed by atoms with van der Waals surface area (Å²) in [6.07, 6.45) is 1.14. The smallest absolute Gasteiger partial charge is 0.343 e. The van der Waals surface area contributed by atoms with Crippen LogP contribution < -0.4 is 4.90 Å². The van der Waals surface area contributed by atoms with Crippen LogP contribution in [0.25, 0.3) is 11.3 Å². The minimum Gasteiger partial charge on any atom is -0.477 e. The lowest BCUT2D eigenvalue weighted by Gasteiger charge is -2.17. The van der Waals surface area contributed by atoms with Gasteiger partial charge in [-0.1, -0.05) is 30.6 Å². The molecule has 1 saturated carbocycles. The van der Waals surface area contributed by atoms with E-state index in [4.69, 9.17) is 16.1 Å². The fourth-order valence-electron chi connectivity index (χ4n) is 2.84. The van der Waals surface area contributed by atoms with Gasteiger partial charge in [0.1, 0.15) is 0 Å². The van der Waals surface area contributed by atoms with E-state index in [1.165, 1.54) is 0 Å². The van der Waals surface area contributed by atoms with Crippen molar-refractivity contribution in [1.29, 1.82) is 0 Å². The number of carbonyl (C=O) groups is 1. The molecule has 0 amide bonds. The summed E-state index contributed by atoms with van der Waals surface area (Å²) in [6, 6.07) is 6.84. The summed E-state index contributed by atoms with van der Waals surface area (Å²) in [5.41, 5.74) is 1.06. The third-order valence-electron chi connectivity index (χ3n) is 4.57. The van der Waals surface area contributed by atoms with Crippen LogP contribution in [-0.2, 0) is 0 Å². The summed E-state index contributed by atoms with van der Waals surface area (Å²) in [4.78, 5) is 13.6. The van der Waals surface area contributed by atoms with Gasteiger partial charge in [0.2, 0.25) is 0 Å². The molecule has 1 heterocycles. The van der Waals surface area contributed by atoms with Crippen LogP contribution in [0.15, 0.2) is 28.8 Å². The quantitative estimate of drug-likeness (QED) is 0.888. The summed E-state index contributed by atoms with van der Waals surface area (Å²) in [7, 11) is 1.85. The van der Waals surface area contributed by atoms with Gasteiger partial charge in [-0.3, -0.25) is 0 Å². The summed E-state index contributed by atoms with van der Waals surface area (Å²) in [6.45, 7) is 5.19. The molecule has 1 aliphatic rings. The first kappa shape index (κ1) is 15.9. The molecule has 23 heavy (non-hydrogen) atoms. The normalized spacial score (nSPS) is 18.7. The Balaban J connectivity index is 1.92. The number of nitrogens with zero attached hydrogens (tertiary/aromatic N) is 2. The van der Waals surface area contributed by atoms with E-state index in [0.29, 0.717) is 27.7 Å². The molecule has 3 rings (SSSR count). The Kier molecular flexibility index (Phi) is 3.84. The second-order valence-electron chi connectivity index (χ2n) is 6.79. The molecular weight excluding hydrogens is 316 g/mol. The van der Waals surface area contributed by atoms with Gasteiger partial charge < -0.3 is 14.5 Å². The van der Waals surface area contributed by atoms with Gasteiger partial charge in [-0.25, -0.2) is 4.79 Å². The Labute approximate surface area is 139 Å². The van der Waals surface area contributed by atoms with Crippen molar-refractivity contribution in [2.75, 3.05) is 18.5 Å². The zero-order chi connectivity index (χ0) is 16.8. The highest BCUT2D eigenvalue weighted by atomic mass is 35.5. The van der Waals surface area contributed by atoms with Crippen LogP contribution in [0.4, 0.5) is 5.82 Å². The molecule has 1 atom stereocenters. The third-order valence-corrected chi connectivity index (χ3v) is 4.82. The highest BCUT2D eigenvalue weighted by molar-refractivity contribution is 6.30. The van der Waals surface area contributed by atoms with Gasteiger partial charge in [0.05, 0.1) is 0 Å². The van der Waals surface area contributed by atoms with Gasteiger partial charge in [0.15, 0.2) is 17.1 Å². The lowest BCUT2D eigenvalue weighted by atomic mass is 10.1. The standard InChI is InChI=1S/C17H19ClN2O3/c1-17(2)8-11(17)9-20(3)15-13(16(21)22)14(23-19-15)10-4-6-12(18)7-5-10/h4-7,11H,8-9H2,1-3H3,(H,21,22). The second kappa shape index (κ2) is 5.57. The number of hydrogen-bond donors (Lipinski definition) is 1.